The van der Waals surface area contributed by atoms with Gasteiger partial charge in [-0.3, -0.25) is 4.40 Å². The molecular formula is C25H20FN5. The zero-order valence-corrected chi connectivity index (χ0v) is 16.8. The van der Waals surface area contributed by atoms with Crippen LogP contribution in [0.1, 0.15) is 31.0 Å². The number of rotatable bonds is 4. The van der Waals surface area contributed by atoms with Crippen LogP contribution in [0, 0.1) is 5.82 Å². The maximum Gasteiger partial charge on any atom is 0.172 e. The van der Waals surface area contributed by atoms with E-state index in [2.05, 4.69) is 24.7 Å². The lowest BCUT2D eigenvalue weighted by Crippen LogP contribution is -2.12. The van der Waals surface area contributed by atoms with E-state index >= 15 is 4.39 Å². The van der Waals surface area contributed by atoms with E-state index in [0.29, 0.717) is 22.9 Å². The lowest BCUT2D eigenvalue weighted by molar-refractivity contribution is 0.400. The maximum atomic E-state index is 15.5. The number of anilines is 2. The summed E-state index contributed by atoms with van der Waals surface area (Å²) in [5.41, 5.74) is 3.22. The quantitative estimate of drug-likeness (QED) is 0.390. The first kappa shape index (κ1) is 18.0. The summed E-state index contributed by atoms with van der Waals surface area (Å²) in [5, 5.41) is 3.92. The smallest absolute Gasteiger partial charge is 0.172 e. The minimum absolute atomic E-state index is 0.335. The average Bonchev–Trinajstić information content (AvgIpc) is 3.20. The van der Waals surface area contributed by atoms with Crippen LogP contribution in [-0.2, 0) is 0 Å². The van der Waals surface area contributed by atoms with Gasteiger partial charge in [0, 0.05) is 29.3 Å². The van der Waals surface area contributed by atoms with E-state index < -0.39 is 5.82 Å². The number of benzene rings is 2. The molecule has 6 rings (SSSR count). The number of fused-ring (bicyclic) bond motifs is 2. The first-order valence-corrected chi connectivity index (χ1v) is 10.5. The number of nitrogens with one attached hydrogen (secondary N) is 1. The van der Waals surface area contributed by atoms with Crippen LogP contribution in [0.15, 0.2) is 73.2 Å². The fourth-order valence-corrected chi connectivity index (χ4v) is 4.16. The molecule has 31 heavy (non-hydrogen) atoms. The van der Waals surface area contributed by atoms with Crippen molar-refractivity contribution in [1.29, 1.82) is 0 Å². The van der Waals surface area contributed by atoms with Gasteiger partial charge in [0.2, 0.25) is 0 Å². The molecule has 2 aromatic carbocycles. The summed E-state index contributed by atoms with van der Waals surface area (Å²) in [5.74, 6) is 1.74. The van der Waals surface area contributed by atoms with Gasteiger partial charge in [0.15, 0.2) is 11.6 Å². The van der Waals surface area contributed by atoms with Crippen molar-refractivity contribution in [3.8, 4) is 11.3 Å². The summed E-state index contributed by atoms with van der Waals surface area (Å²) >= 11 is 0. The number of halogens is 1. The molecule has 0 unspecified atom stereocenters. The Morgan fingerprint density at radius 1 is 0.968 bits per heavy atom. The number of hydrogen-bond donors (Lipinski definition) is 1. The molecular weight excluding hydrogens is 389 g/mol. The maximum absolute atomic E-state index is 15.5. The fraction of sp³-hybridized carbons (Fsp3) is 0.160. The normalized spacial score (nSPS) is 14.1. The third-order valence-electron chi connectivity index (χ3n) is 6.08. The predicted molar refractivity (Wildman–Crippen MR) is 120 cm³/mol. The lowest BCUT2D eigenvalue weighted by Gasteiger charge is -2.24. The highest BCUT2D eigenvalue weighted by atomic mass is 19.1. The molecule has 1 N–H and O–H groups in total. The van der Waals surface area contributed by atoms with Gasteiger partial charge in [0.25, 0.3) is 0 Å². The van der Waals surface area contributed by atoms with Crippen molar-refractivity contribution in [2.75, 3.05) is 5.32 Å². The van der Waals surface area contributed by atoms with Crippen molar-refractivity contribution in [1.82, 2.24) is 19.4 Å². The molecule has 3 aromatic heterocycles. The molecule has 1 aliphatic rings. The van der Waals surface area contributed by atoms with Gasteiger partial charge in [-0.1, -0.05) is 48.9 Å². The molecule has 1 aliphatic carbocycles. The third-order valence-corrected chi connectivity index (χ3v) is 6.08. The topological polar surface area (TPSA) is 55.1 Å². The lowest BCUT2D eigenvalue weighted by atomic mass is 9.85. The molecule has 0 aliphatic heterocycles. The molecule has 0 amide bonds. The average molecular weight is 409 g/mol. The van der Waals surface area contributed by atoms with Crippen LogP contribution in [0.2, 0.25) is 0 Å². The fourth-order valence-electron chi connectivity index (χ4n) is 4.16. The van der Waals surface area contributed by atoms with E-state index in [1.54, 1.807) is 12.3 Å². The first-order valence-electron chi connectivity index (χ1n) is 10.5. The zero-order valence-electron chi connectivity index (χ0n) is 16.8. The molecule has 0 atom stereocenters. The number of pyridine rings is 1. The molecule has 0 saturated heterocycles. The van der Waals surface area contributed by atoms with E-state index in [0.717, 1.165) is 28.0 Å². The second kappa shape index (κ2) is 7.16. The number of nitrogens with zero attached hydrogens (tertiary/aromatic N) is 4. The van der Waals surface area contributed by atoms with E-state index in [-0.39, 0.29) is 0 Å². The Morgan fingerprint density at radius 2 is 1.81 bits per heavy atom. The van der Waals surface area contributed by atoms with Crippen LogP contribution in [0.4, 0.5) is 15.9 Å². The van der Waals surface area contributed by atoms with E-state index in [1.165, 1.54) is 19.3 Å². The molecule has 6 heteroatoms. The molecule has 5 aromatic rings. The van der Waals surface area contributed by atoms with Crippen LogP contribution < -0.4 is 5.32 Å². The summed E-state index contributed by atoms with van der Waals surface area (Å²) in [6.07, 6.45) is 9.04. The van der Waals surface area contributed by atoms with E-state index in [1.807, 2.05) is 60.9 Å². The Bertz CT molecular complexity index is 1410. The summed E-state index contributed by atoms with van der Waals surface area (Å²) in [6, 6.07) is 17.2. The van der Waals surface area contributed by atoms with Gasteiger partial charge in [0.05, 0.1) is 17.6 Å². The van der Waals surface area contributed by atoms with Crippen molar-refractivity contribution in [2.45, 2.75) is 25.2 Å². The zero-order chi connectivity index (χ0) is 20.8. The number of hydrogen-bond acceptors (Lipinski definition) is 4. The largest absolute Gasteiger partial charge is 0.336 e. The van der Waals surface area contributed by atoms with Gasteiger partial charge in [-0.15, -0.1) is 0 Å². The Hall–Kier alpha value is -3.80. The molecule has 1 saturated carbocycles. The molecule has 0 bridgehead atoms. The van der Waals surface area contributed by atoms with Crippen molar-refractivity contribution in [3.05, 3.63) is 84.8 Å². The third kappa shape index (κ3) is 3.03. The van der Waals surface area contributed by atoms with Crippen LogP contribution in [0.25, 0.3) is 27.7 Å². The highest BCUT2D eigenvalue weighted by Crippen LogP contribution is 2.36. The first-order chi connectivity index (χ1) is 15.3. The van der Waals surface area contributed by atoms with Crippen molar-refractivity contribution in [3.63, 3.8) is 0 Å². The van der Waals surface area contributed by atoms with Gasteiger partial charge in [0.1, 0.15) is 16.9 Å². The highest BCUT2D eigenvalue weighted by Gasteiger charge is 2.24. The molecule has 5 nitrogen and oxygen atoms in total. The van der Waals surface area contributed by atoms with Crippen molar-refractivity contribution >= 4 is 27.9 Å². The second-order valence-corrected chi connectivity index (χ2v) is 7.96. The van der Waals surface area contributed by atoms with Gasteiger partial charge in [-0.05, 0) is 25.0 Å². The minimum Gasteiger partial charge on any atom is -0.336 e. The monoisotopic (exact) mass is 409 g/mol. The Kier molecular flexibility index (Phi) is 4.16. The number of aromatic nitrogens is 4. The SMILES string of the molecule is Fc1c(Nc2nccn3c(C4CCC4)ncc23)ccc2ccc(-c3ccccc3)nc12. The van der Waals surface area contributed by atoms with Gasteiger partial charge >= 0.3 is 0 Å². The molecule has 3 heterocycles. The van der Waals surface area contributed by atoms with E-state index in [9.17, 15) is 0 Å². The second-order valence-electron chi connectivity index (χ2n) is 7.96. The summed E-state index contributed by atoms with van der Waals surface area (Å²) < 4.78 is 17.5. The Labute approximate surface area is 178 Å². The van der Waals surface area contributed by atoms with Gasteiger partial charge < -0.3 is 5.32 Å². The number of imidazole rings is 1. The van der Waals surface area contributed by atoms with Crippen LogP contribution >= 0.6 is 0 Å². The summed E-state index contributed by atoms with van der Waals surface area (Å²) in [7, 11) is 0. The molecule has 0 radical (unpaired) electrons. The summed E-state index contributed by atoms with van der Waals surface area (Å²) in [4.78, 5) is 13.7. The Morgan fingerprint density at radius 3 is 2.61 bits per heavy atom. The Balaban J connectivity index is 1.41. The van der Waals surface area contributed by atoms with Gasteiger partial charge in [-0.2, -0.15) is 0 Å². The van der Waals surface area contributed by atoms with Crippen molar-refractivity contribution in [2.24, 2.45) is 0 Å². The van der Waals surface area contributed by atoms with Gasteiger partial charge in [-0.25, -0.2) is 19.3 Å². The molecule has 0 spiro atoms. The van der Waals surface area contributed by atoms with Crippen LogP contribution in [0.5, 0.6) is 0 Å². The van der Waals surface area contributed by atoms with Crippen molar-refractivity contribution < 1.29 is 4.39 Å². The van der Waals surface area contributed by atoms with Crippen LogP contribution in [0.3, 0.4) is 0 Å². The van der Waals surface area contributed by atoms with E-state index in [4.69, 9.17) is 0 Å². The predicted octanol–water partition coefficient (Wildman–Crippen LogP) is 6.09. The molecule has 152 valence electrons. The minimum atomic E-state index is -0.391. The standard InChI is InChI=1S/C25H20FN5/c26-22-20(12-10-17-9-11-19(29-23(17)22)16-5-2-1-3-6-16)30-24-21-15-28-25(18-7-4-8-18)31(21)14-13-27-24/h1-3,5-6,9-15,18H,4,7-8H2,(H,27,30). The van der Waals surface area contributed by atoms with Crippen LogP contribution in [-0.4, -0.2) is 19.4 Å². The summed E-state index contributed by atoms with van der Waals surface area (Å²) in [6.45, 7) is 0. The molecule has 1 fully saturated rings. The highest BCUT2D eigenvalue weighted by molar-refractivity contribution is 5.87.